The van der Waals surface area contributed by atoms with Crippen LogP contribution in [0.3, 0.4) is 0 Å². The predicted octanol–water partition coefficient (Wildman–Crippen LogP) is 7.02. The minimum atomic E-state index is -3.14. The lowest BCUT2D eigenvalue weighted by atomic mass is 10.0. The molecule has 0 saturated carbocycles. The summed E-state index contributed by atoms with van der Waals surface area (Å²) in [5.74, 6) is -11.6. The van der Waals surface area contributed by atoms with Crippen molar-refractivity contribution in [3.05, 3.63) is 92.5 Å². The van der Waals surface area contributed by atoms with Crippen molar-refractivity contribution >= 4 is 28.3 Å². The van der Waals surface area contributed by atoms with Gasteiger partial charge in [-0.1, -0.05) is 0 Å². The number of hydrogen-bond acceptors (Lipinski definition) is 7. The summed E-state index contributed by atoms with van der Waals surface area (Å²) in [5, 5.41) is 9.46. The molecule has 3 aromatic heterocycles. The number of carbonyl (C=O) groups is 1. The van der Waals surface area contributed by atoms with E-state index in [0.717, 1.165) is 24.4 Å². The van der Waals surface area contributed by atoms with Crippen molar-refractivity contribution in [2.24, 2.45) is 0 Å². The molecule has 8 nitrogen and oxygen atoms in total. The van der Waals surface area contributed by atoms with Crippen LogP contribution in [-0.2, 0) is 30.2 Å². The Bertz CT molecular complexity index is 1990. The summed E-state index contributed by atoms with van der Waals surface area (Å²) in [4.78, 5) is 23.0. The highest BCUT2D eigenvalue weighted by atomic mass is 32.1. The van der Waals surface area contributed by atoms with Gasteiger partial charge in [-0.3, -0.25) is 0 Å². The smallest absolute Gasteiger partial charge is 0.335 e. The van der Waals surface area contributed by atoms with E-state index in [-0.39, 0.29) is 45.0 Å². The number of alkyl halides is 2. The third-order valence-corrected chi connectivity index (χ3v) is 8.45. The minimum Gasteiger partial charge on any atom is -0.478 e. The van der Waals surface area contributed by atoms with Gasteiger partial charge in [0, 0.05) is 37.3 Å². The molecule has 16 heteroatoms. The number of hydrogen-bond donors (Lipinski definition) is 1. The van der Waals surface area contributed by atoms with Gasteiger partial charge in [-0.05, 0) is 36.8 Å². The molecule has 46 heavy (non-hydrogen) atoms. The van der Waals surface area contributed by atoms with Gasteiger partial charge in [-0.2, -0.15) is 0 Å². The molecule has 1 aliphatic rings. The van der Waals surface area contributed by atoms with Crippen molar-refractivity contribution in [2.45, 2.75) is 44.9 Å². The number of benzene rings is 2. The first-order chi connectivity index (χ1) is 21.8. The van der Waals surface area contributed by atoms with Crippen LogP contribution >= 0.6 is 11.3 Å². The van der Waals surface area contributed by atoms with E-state index in [1.807, 2.05) is 0 Å². The first-order valence-electron chi connectivity index (χ1n) is 13.6. The molecule has 6 rings (SSSR count). The fraction of sp³-hybridized carbons (Fsp3) is 0.267. The van der Waals surface area contributed by atoms with Crippen molar-refractivity contribution in [3.63, 3.8) is 0 Å². The van der Waals surface area contributed by atoms with Crippen LogP contribution in [0.5, 0.6) is 5.88 Å². The van der Waals surface area contributed by atoms with Crippen LogP contribution in [0, 0.1) is 29.1 Å². The molecule has 0 bridgehead atoms. The standard InChI is InChI=1S/C30H21F7N4O4S/c1-30(36,37)22-10-38-24(46-22)12-45-28-17(31)2-3-20(39-28)16-8-18(32)15(25(34)26(16)35)9-23-40-27-19(33)6-13(29(42)43)7-21(27)41(23)11-14-4-5-44-14/h2-3,6-8,10,14H,4-5,9,11-12H2,1H3,(H,42,43)/t14-/m0/s1. The second-order valence-electron chi connectivity index (χ2n) is 10.5. The van der Waals surface area contributed by atoms with Crippen LogP contribution in [0.2, 0.25) is 0 Å². The molecule has 0 spiro atoms. The molecule has 0 amide bonds. The number of rotatable bonds is 10. The molecule has 1 aliphatic heterocycles. The van der Waals surface area contributed by atoms with Crippen molar-refractivity contribution in [3.8, 4) is 17.1 Å². The van der Waals surface area contributed by atoms with E-state index in [4.69, 9.17) is 9.47 Å². The zero-order valence-corrected chi connectivity index (χ0v) is 24.4. The van der Waals surface area contributed by atoms with Gasteiger partial charge in [-0.25, -0.2) is 50.5 Å². The lowest BCUT2D eigenvalue weighted by Crippen LogP contribution is -2.31. The molecule has 0 radical (unpaired) electrons. The molecule has 1 atom stereocenters. The number of nitrogens with zero attached hydrogens (tertiary/aromatic N) is 4. The van der Waals surface area contributed by atoms with Crippen LogP contribution < -0.4 is 4.74 Å². The summed E-state index contributed by atoms with van der Waals surface area (Å²) >= 11 is 0.630. The number of thiazole rings is 1. The Labute approximate surface area is 259 Å². The van der Waals surface area contributed by atoms with E-state index in [1.165, 1.54) is 10.6 Å². The van der Waals surface area contributed by atoms with E-state index in [0.29, 0.717) is 37.4 Å². The maximum absolute atomic E-state index is 15.5. The van der Waals surface area contributed by atoms with Crippen molar-refractivity contribution < 1.29 is 50.1 Å². The SMILES string of the molecule is CC(F)(F)c1cnc(COc2nc(-c3cc(F)c(Cc4nc5c(F)cc(C(=O)O)cc5n4C[C@@H]4CCO4)c(F)c3F)ccc2F)s1. The van der Waals surface area contributed by atoms with Gasteiger partial charge in [0.05, 0.1) is 34.3 Å². The highest BCUT2D eigenvalue weighted by Gasteiger charge is 2.29. The van der Waals surface area contributed by atoms with E-state index < -0.39 is 76.7 Å². The summed E-state index contributed by atoms with van der Waals surface area (Å²) in [7, 11) is 0. The number of imidazole rings is 1. The number of aromatic carboxylic acids is 1. The van der Waals surface area contributed by atoms with Crippen LogP contribution in [-0.4, -0.2) is 43.3 Å². The molecule has 2 aromatic carbocycles. The first kappa shape index (κ1) is 31.4. The largest absolute Gasteiger partial charge is 0.478 e. The molecule has 1 fully saturated rings. The Kier molecular flexibility index (Phi) is 8.18. The van der Waals surface area contributed by atoms with E-state index in [1.54, 1.807) is 0 Å². The van der Waals surface area contributed by atoms with Crippen molar-refractivity contribution in [1.82, 2.24) is 19.5 Å². The molecule has 1 N–H and O–H groups in total. The van der Waals surface area contributed by atoms with E-state index in [9.17, 15) is 27.5 Å². The number of pyridine rings is 1. The van der Waals surface area contributed by atoms with Gasteiger partial charge in [0.1, 0.15) is 28.8 Å². The zero-order valence-electron chi connectivity index (χ0n) is 23.6. The molecule has 0 unspecified atom stereocenters. The zero-order chi connectivity index (χ0) is 32.9. The number of halogens is 7. The monoisotopic (exact) mass is 666 g/mol. The predicted molar refractivity (Wildman–Crippen MR) is 149 cm³/mol. The summed E-state index contributed by atoms with van der Waals surface area (Å²) in [6, 6.07) is 4.41. The fourth-order valence-corrected chi connectivity index (χ4v) is 5.61. The average molecular weight is 667 g/mol. The van der Waals surface area contributed by atoms with Crippen LogP contribution in [0.4, 0.5) is 30.7 Å². The highest BCUT2D eigenvalue weighted by molar-refractivity contribution is 7.11. The van der Waals surface area contributed by atoms with Gasteiger partial charge < -0.3 is 19.1 Å². The van der Waals surface area contributed by atoms with E-state index in [2.05, 4.69) is 15.0 Å². The maximum atomic E-state index is 15.5. The Morgan fingerprint density at radius 2 is 1.85 bits per heavy atom. The second-order valence-corrected chi connectivity index (χ2v) is 11.6. The van der Waals surface area contributed by atoms with Crippen molar-refractivity contribution in [1.29, 1.82) is 0 Å². The van der Waals surface area contributed by atoms with Crippen LogP contribution in [0.1, 0.15) is 45.0 Å². The molecule has 1 saturated heterocycles. The third kappa shape index (κ3) is 6.01. The van der Waals surface area contributed by atoms with Gasteiger partial charge >= 0.3 is 5.97 Å². The number of fused-ring (bicyclic) bond motifs is 1. The number of aromatic nitrogens is 4. The average Bonchev–Trinajstić information content (AvgIpc) is 3.60. The Morgan fingerprint density at radius 3 is 2.50 bits per heavy atom. The van der Waals surface area contributed by atoms with E-state index >= 15 is 13.2 Å². The van der Waals surface area contributed by atoms with Crippen LogP contribution in [0.25, 0.3) is 22.3 Å². The highest BCUT2D eigenvalue weighted by Crippen LogP contribution is 2.34. The Morgan fingerprint density at radius 1 is 1.09 bits per heavy atom. The molecule has 4 heterocycles. The number of carboxylic acids is 1. The molecular formula is C30H21F7N4O4S. The van der Waals surface area contributed by atoms with Gasteiger partial charge in [0.2, 0.25) is 0 Å². The summed E-state index contributed by atoms with van der Waals surface area (Å²) in [6.07, 6.45) is 0.595. The summed E-state index contributed by atoms with van der Waals surface area (Å²) in [5.41, 5.74) is -2.36. The minimum absolute atomic E-state index is 0.0567. The van der Waals surface area contributed by atoms with Crippen LogP contribution in [0.15, 0.2) is 36.5 Å². The Hall–Kier alpha value is -4.57. The topological polar surface area (TPSA) is 99.4 Å². The summed E-state index contributed by atoms with van der Waals surface area (Å²) in [6.45, 7) is 0.763. The number of carboxylic acid groups (broad SMARTS) is 1. The lowest BCUT2D eigenvalue weighted by Gasteiger charge is -2.27. The lowest BCUT2D eigenvalue weighted by molar-refractivity contribution is -0.0589. The fourth-order valence-electron chi connectivity index (χ4n) is 4.85. The van der Waals surface area contributed by atoms with Gasteiger partial charge in [0.15, 0.2) is 23.3 Å². The summed E-state index contributed by atoms with van der Waals surface area (Å²) < 4.78 is 115. The molecule has 0 aliphatic carbocycles. The normalized spacial score (nSPS) is 14.9. The van der Waals surface area contributed by atoms with Gasteiger partial charge in [-0.15, -0.1) is 11.3 Å². The molecular weight excluding hydrogens is 645 g/mol. The number of ether oxygens (including phenoxy) is 2. The Balaban J connectivity index is 1.32. The second kappa shape index (κ2) is 12.0. The quantitative estimate of drug-likeness (QED) is 0.126. The molecule has 240 valence electrons. The molecule has 5 aromatic rings. The first-order valence-corrected chi connectivity index (χ1v) is 14.4. The maximum Gasteiger partial charge on any atom is 0.335 e. The van der Waals surface area contributed by atoms with Crippen molar-refractivity contribution in [2.75, 3.05) is 6.61 Å². The third-order valence-electron chi connectivity index (χ3n) is 7.31. The van der Waals surface area contributed by atoms with Gasteiger partial charge in [0.25, 0.3) is 11.8 Å².